The van der Waals surface area contributed by atoms with Crippen LogP contribution in [0.15, 0.2) is 24.3 Å². The first-order chi connectivity index (χ1) is 12.2. The Hall–Kier alpha value is -2.08. The average Bonchev–Trinajstić information content (AvgIpc) is 3.25. The number of aromatic amines is 1. The lowest BCUT2D eigenvalue weighted by atomic mass is 9.97. The van der Waals surface area contributed by atoms with Gasteiger partial charge in [0, 0.05) is 18.6 Å². The summed E-state index contributed by atoms with van der Waals surface area (Å²) in [6.07, 6.45) is 6.55. The van der Waals surface area contributed by atoms with E-state index < -0.39 is 0 Å². The summed E-state index contributed by atoms with van der Waals surface area (Å²) in [5, 5.41) is 6.31. The Balaban J connectivity index is 1.41. The highest BCUT2D eigenvalue weighted by Crippen LogP contribution is 2.29. The molecular weight excluding hydrogens is 314 g/mol. The maximum absolute atomic E-state index is 12.3. The molecule has 2 aromatic rings. The van der Waals surface area contributed by atoms with Gasteiger partial charge in [0.15, 0.2) is 0 Å². The zero-order valence-corrected chi connectivity index (χ0v) is 14.8. The number of carbonyl (C=O) groups excluding carboxylic acids is 1. The molecule has 4 rings (SSSR count). The molecule has 0 bridgehead atoms. The van der Waals surface area contributed by atoms with Crippen molar-refractivity contribution >= 4 is 17.1 Å². The third-order valence-corrected chi connectivity index (χ3v) is 5.62. The highest BCUT2D eigenvalue weighted by Gasteiger charge is 2.30. The van der Waals surface area contributed by atoms with Crippen molar-refractivity contribution in [1.82, 2.24) is 25.5 Å². The van der Waals surface area contributed by atoms with E-state index in [4.69, 9.17) is 4.98 Å². The third kappa shape index (κ3) is 3.63. The Kier molecular flexibility index (Phi) is 4.61. The summed E-state index contributed by atoms with van der Waals surface area (Å²) in [5.41, 5.74) is 2.07. The second-order valence-corrected chi connectivity index (χ2v) is 7.46. The van der Waals surface area contributed by atoms with E-state index in [-0.39, 0.29) is 18.1 Å². The topological polar surface area (TPSA) is 73.1 Å². The maximum Gasteiger partial charge on any atom is 0.315 e. The zero-order valence-electron chi connectivity index (χ0n) is 14.8. The van der Waals surface area contributed by atoms with Gasteiger partial charge in [-0.1, -0.05) is 25.0 Å². The number of rotatable bonds is 3. The van der Waals surface area contributed by atoms with Gasteiger partial charge in [0.05, 0.1) is 17.1 Å². The molecule has 134 valence electrons. The van der Waals surface area contributed by atoms with Crippen molar-refractivity contribution in [3.63, 3.8) is 0 Å². The predicted molar refractivity (Wildman–Crippen MR) is 98.4 cm³/mol. The van der Waals surface area contributed by atoms with Crippen molar-refractivity contribution in [1.29, 1.82) is 0 Å². The van der Waals surface area contributed by atoms with Crippen LogP contribution in [0.25, 0.3) is 11.0 Å². The van der Waals surface area contributed by atoms with E-state index in [2.05, 4.69) is 33.6 Å². The number of nitrogens with zero attached hydrogens (tertiary/aromatic N) is 2. The molecule has 6 heteroatoms. The zero-order chi connectivity index (χ0) is 17.2. The lowest BCUT2D eigenvalue weighted by molar-refractivity contribution is 0.151. The van der Waals surface area contributed by atoms with Crippen LogP contribution >= 0.6 is 0 Å². The maximum atomic E-state index is 12.3. The van der Waals surface area contributed by atoms with Crippen LogP contribution in [0, 0.1) is 0 Å². The van der Waals surface area contributed by atoms with E-state index in [0.29, 0.717) is 6.04 Å². The molecule has 1 aliphatic heterocycles. The van der Waals surface area contributed by atoms with Gasteiger partial charge in [-0.2, -0.15) is 0 Å². The molecule has 0 radical (unpaired) electrons. The summed E-state index contributed by atoms with van der Waals surface area (Å²) in [6, 6.07) is 8.86. The fourth-order valence-electron chi connectivity index (χ4n) is 4.15. The highest BCUT2D eigenvalue weighted by molar-refractivity contribution is 5.75. The summed E-state index contributed by atoms with van der Waals surface area (Å²) in [6.45, 7) is 0.954. The fraction of sp³-hybridized carbons (Fsp3) is 0.579. The Morgan fingerprint density at radius 3 is 2.72 bits per heavy atom. The van der Waals surface area contributed by atoms with Gasteiger partial charge in [-0.25, -0.2) is 9.78 Å². The molecule has 1 aliphatic carbocycles. The van der Waals surface area contributed by atoms with Crippen molar-refractivity contribution in [2.75, 3.05) is 13.6 Å². The van der Waals surface area contributed by atoms with Crippen molar-refractivity contribution in [2.24, 2.45) is 0 Å². The van der Waals surface area contributed by atoms with E-state index in [1.807, 2.05) is 18.2 Å². The minimum Gasteiger partial charge on any atom is -0.341 e. The number of aromatic nitrogens is 2. The molecular formula is C19H27N5O. The number of hydrogen-bond acceptors (Lipinski definition) is 3. The second-order valence-electron chi connectivity index (χ2n) is 7.46. The molecule has 0 spiro atoms. The molecule has 2 atom stereocenters. The van der Waals surface area contributed by atoms with Crippen LogP contribution in [-0.2, 0) is 0 Å². The number of para-hydroxylation sites is 2. The van der Waals surface area contributed by atoms with Crippen molar-refractivity contribution in [2.45, 2.75) is 56.7 Å². The van der Waals surface area contributed by atoms with Gasteiger partial charge in [0.1, 0.15) is 5.82 Å². The minimum absolute atomic E-state index is 0.00944. The summed E-state index contributed by atoms with van der Waals surface area (Å²) in [4.78, 5) is 22.8. The fourth-order valence-corrected chi connectivity index (χ4v) is 4.15. The van der Waals surface area contributed by atoms with Gasteiger partial charge in [-0.05, 0) is 44.9 Å². The van der Waals surface area contributed by atoms with Crippen LogP contribution in [0.3, 0.4) is 0 Å². The standard InChI is InChI=1S/C19H27N5O/c1-24-11-10-14(21-19(25)20-13-6-2-3-7-13)12-17(24)18-22-15-8-4-5-9-16(15)23-18/h4-5,8-9,13-14,17H,2-3,6-7,10-12H2,1H3,(H,22,23)(H2,20,21,25). The molecule has 25 heavy (non-hydrogen) atoms. The van der Waals surface area contributed by atoms with Crippen molar-refractivity contribution in [3.8, 4) is 0 Å². The minimum atomic E-state index is -0.00944. The van der Waals surface area contributed by atoms with Gasteiger partial charge in [-0.15, -0.1) is 0 Å². The smallest absolute Gasteiger partial charge is 0.315 e. The number of benzene rings is 1. The van der Waals surface area contributed by atoms with Crippen molar-refractivity contribution in [3.05, 3.63) is 30.1 Å². The first-order valence-electron chi connectivity index (χ1n) is 9.41. The molecule has 1 saturated carbocycles. The van der Waals surface area contributed by atoms with Gasteiger partial charge >= 0.3 is 6.03 Å². The van der Waals surface area contributed by atoms with E-state index in [0.717, 1.165) is 49.1 Å². The third-order valence-electron chi connectivity index (χ3n) is 5.62. The van der Waals surface area contributed by atoms with Crippen LogP contribution in [0.1, 0.15) is 50.4 Å². The quantitative estimate of drug-likeness (QED) is 0.804. The first-order valence-corrected chi connectivity index (χ1v) is 9.41. The molecule has 3 N–H and O–H groups in total. The number of hydrogen-bond donors (Lipinski definition) is 3. The van der Waals surface area contributed by atoms with Crippen molar-refractivity contribution < 1.29 is 4.79 Å². The Labute approximate surface area is 148 Å². The number of urea groups is 1. The summed E-state index contributed by atoms with van der Waals surface area (Å²) >= 11 is 0. The van der Waals surface area contributed by atoms with Gasteiger partial charge in [0.25, 0.3) is 0 Å². The van der Waals surface area contributed by atoms with E-state index >= 15 is 0 Å². The Morgan fingerprint density at radius 2 is 1.92 bits per heavy atom. The van der Waals surface area contributed by atoms with Crippen LogP contribution in [0.5, 0.6) is 0 Å². The molecule has 1 saturated heterocycles. The van der Waals surface area contributed by atoms with Gasteiger partial charge in [0.2, 0.25) is 0 Å². The molecule has 2 aliphatic rings. The largest absolute Gasteiger partial charge is 0.341 e. The van der Waals surface area contributed by atoms with E-state index in [1.54, 1.807) is 0 Å². The molecule has 1 aromatic heterocycles. The molecule has 2 fully saturated rings. The van der Waals surface area contributed by atoms with Crippen LogP contribution < -0.4 is 10.6 Å². The second kappa shape index (κ2) is 7.04. The predicted octanol–water partition coefficient (Wildman–Crippen LogP) is 2.94. The number of carbonyl (C=O) groups is 1. The normalized spacial score (nSPS) is 25.3. The lowest BCUT2D eigenvalue weighted by Crippen LogP contribution is -2.49. The van der Waals surface area contributed by atoms with Crippen LogP contribution in [0.4, 0.5) is 4.79 Å². The number of amides is 2. The highest BCUT2D eigenvalue weighted by atomic mass is 16.2. The monoisotopic (exact) mass is 341 g/mol. The average molecular weight is 341 g/mol. The SMILES string of the molecule is CN1CCC(NC(=O)NC2CCCC2)CC1c1nc2ccccc2[nH]1. The molecule has 2 heterocycles. The first kappa shape index (κ1) is 16.4. The number of likely N-dealkylation sites (tertiary alicyclic amines) is 1. The molecule has 1 aromatic carbocycles. The summed E-state index contributed by atoms with van der Waals surface area (Å²) < 4.78 is 0. The lowest BCUT2D eigenvalue weighted by Gasteiger charge is -2.36. The van der Waals surface area contributed by atoms with Crippen LogP contribution in [-0.4, -0.2) is 46.6 Å². The molecule has 6 nitrogen and oxygen atoms in total. The molecule has 2 unspecified atom stereocenters. The number of nitrogens with one attached hydrogen (secondary N) is 3. The van der Waals surface area contributed by atoms with Crippen LogP contribution in [0.2, 0.25) is 0 Å². The van der Waals surface area contributed by atoms with E-state index in [1.165, 1.54) is 12.8 Å². The number of piperidine rings is 1. The number of imidazole rings is 1. The van der Waals surface area contributed by atoms with E-state index in [9.17, 15) is 4.79 Å². The Bertz CT molecular complexity index is 703. The van der Waals surface area contributed by atoms with Gasteiger partial charge < -0.3 is 15.6 Å². The number of fused-ring (bicyclic) bond motifs is 1. The number of H-pyrrole nitrogens is 1. The Morgan fingerprint density at radius 1 is 1.16 bits per heavy atom. The summed E-state index contributed by atoms with van der Waals surface area (Å²) in [7, 11) is 2.13. The summed E-state index contributed by atoms with van der Waals surface area (Å²) in [5.74, 6) is 0.992. The molecule has 2 amide bonds. The van der Waals surface area contributed by atoms with Gasteiger partial charge in [-0.3, -0.25) is 4.90 Å².